The molecule has 2 atom stereocenters. The zero-order chi connectivity index (χ0) is 25.0. The van der Waals surface area contributed by atoms with E-state index in [1.54, 1.807) is 33.8 Å². The molecule has 0 spiro atoms. The molecule has 0 fully saturated rings. The molecule has 0 saturated carbocycles. The van der Waals surface area contributed by atoms with Crippen LogP contribution in [0.5, 0.6) is 0 Å². The van der Waals surface area contributed by atoms with Gasteiger partial charge >= 0.3 is 12.1 Å². The number of primary amides is 1. The fourth-order valence-corrected chi connectivity index (χ4v) is 3.08. The molecule has 2 unspecified atom stereocenters. The van der Waals surface area contributed by atoms with Gasteiger partial charge in [0.15, 0.2) is 0 Å². The Hall–Kier alpha value is -2.68. The third-order valence-electron chi connectivity index (χ3n) is 4.91. The van der Waals surface area contributed by atoms with Gasteiger partial charge in [-0.05, 0) is 65.0 Å². The number of esters is 1. The number of carbonyl (C=O) groups is 3. The van der Waals surface area contributed by atoms with E-state index < -0.39 is 29.7 Å². The molecule has 8 nitrogen and oxygen atoms in total. The molecule has 9 heteroatoms. The summed E-state index contributed by atoms with van der Waals surface area (Å²) in [6.07, 6.45) is 1.60. The van der Waals surface area contributed by atoms with Gasteiger partial charge in [0.25, 0.3) is 0 Å². The molecule has 186 valence electrons. The highest BCUT2D eigenvalue weighted by Crippen LogP contribution is 2.17. The number of aryl methyl sites for hydroxylation is 1. The predicted octanol–water partition coefficient (Wildman–Crippen LogP) is 3.78. The van der Waals surface area contributed by atoms with Crippen LogP contribution in [0.15, 0.2) is 18.2 Å². The van der Waals surface area contributed by atoms with Crippen LogP contribution in [0.1, 0.15) is 70.9 Å². The predicted molar refractivity (Wildman–Crippen MR) is 122 cm³/mol. The Bertz CT molecular complexity index is 794. The minimum Gasteiger partial charge on any atom is -0.469 e. The summed E-state index contributed by atoms with van der Waals surface area (Å²) in [5.74, 6) is -1.13. The maximum atomic E-state index is 14.5. The maximum Gasteiger partial charge on any atom is 0.407 e. The minimum atomic E-state index is -0.674. The van der Waals surface area contributed by atoms with Crippen LogP contribution >= 0.6 is 0 Å². The van der Waals surface area contributed by atoms with Crippen molar-refractivity contribution in [3.8, 4) is 0 Å². The lowest BCUT2D eigenvalue weighted by molar-refractivity contribution is -0.140. The lowest BCUT2D eigenvalue weighted by Crippen LogP contribution is -2.45. The molecule has 1 aromatic carbocycles. The number of ether oxygens (including phenoxy) is 3. The fraction of sp³-hybridized carbons (Fsp3) is 0.625. The minimum absolute atomic E-state index is 0.00130. The van der Waals surface area contributed by atoms with Gasteiger partial charge in [0.2, 0.25) is 5.91 Å². The van der Waals surface area contributed by atoms with Gasteiger partial charge in [-0.15, -0.1) is 0 Å². The molecule has 0 aliphatic rings. The van der Waals surface area contributed by atoms with Crippen molar-refractivity contribution >= 4 is 18.0 Å². The van der Waals surface area contributed by atoms with Crippen molar-refractivity contribution in [2.75, 3.05) is 7.11 Å². The Morgan fingerprint density at radius 3 is 2.42 bits per heavy atom. The summed E-state index contributed by atoms with van der Waals surface area (Å²) >= 11 is 0. The second kappa shape index (κ2) is 13.8. The van der Waals surface area contributed by atoms with Crippen LogP contribution in [0.3, 0.4) is 0 Å². The van der Waals surface area contributed by atoms with Gasteiger partial charge in [-0.2, -0.15) is 0 Å². The number of rotatable bonds is 13. The lowest BCUT2D eigenvalue weighted by Gasteiger charge is -2.27. The second-order valence-electron chi connectivity index (χ2n) is 8.98. The molecule has 0 bridgehead atoms. The molecule has 3 N–H and O–H groups in total. The monoisotopic (exact) mass is 468 g/mol. The molecule has 0 aliphatic carbocycles. The Balaban J connectivity index is 2.65. The first-order chi connectivity index (χ1) is 15.4. The van der Waals surface area contributed by atoms with Crippen molar-refractivity contribution in [2.45, 2.75) is 90.6 Å². The smallest absolute Gasteiger partial charge is 0.407 e. The van der Waals surface area contributed by atoms with Crippen molar-refractivity contribution in [2.24, 2.45) is 5.73 Å². The van der Waals surface area contributed by atoms with Crippen LogP contribution in [0, 0.1) is 5.82 Å². The molecule has 0 aliphatic heterocycles. The number of benzene rings is 1. The van der Waals surface area contributed by atoms with E-state index in [9.17, 15) is 18.8 Å². The third-order valence-corrected chi connectivity index (χ3v) is 4.91. The lowest BCUT2D eigenvalue weighted by atomic mass is 10.0. The van der Waals surface area contributed by atoms with Crippen LogP contribution in [0.4, 0.5) is 9.18 Å². The summed E-state index contributed by atoms with van der Waals surface area (Å²) in [6, 6.07) is 4.42. The van der Waals surface area contributed by atoms with Gasteiger partial charge in [0, 0.05) is 18.4 Å². The summed E-state index contributed by atoms with van der Waals surface area (Å²) in [6.45, 7) is 6.97. The Labute approximate surface area is 195 Å². The molecular formula is C24H37FN2O6. The van der Waals surface area contributed by atoms with Gasteiger partial charge in [0.1, 0.15) is 11.4 Å². The molecule has 0 aromatic heterocycles. The molecule has 0 radical (unpaired) electrons. The number of amides is 2. The van der Waals surface area contributed by atoms with Crippen molar-refractivity contribution in [3.63, 3.8) is 0 Å². The molecule has 1 rings (SSSR count). The average molecular weight is 469 g/mol. The topological polar surface area (TPSA) is 117 Å². The Morgan fingerprint density at radius 2 is 1.85 bits per heavy atom. The number of hydrogen-bond acceptors (Lipinski definition) is 6. The number of carbonyl (C=O) groups excluding carboxylic acids is 3. The van der Waals surface area contributed by atoms with E-state index in [1.807, 2.05) is 6.07 Å². The zero-order valence-electron chi connectivity index (χ0n) is 20.2. The van der Waals surface area contributed by atoms with E-state index in [0.717, 1.165) is 12.0 Å². The summed E-state index contributed by atoms with van der Waals surface area (Å²) in [4.78, 5) is 34.5. The molecule has 2 amide bonds. The Kier molecular flexibility index (Phi) is 11.8. The maximum absolute atomic E-state index is 14.5. The molecule has 0 heterocycles. The normalized spacial score (nSPS) is 13.2. The van der Waals surface area contributed by atoms with Crippen LogP contribution in [-0.4, -0.2) is 42.8 Å². The molecule has 0 saturated heterocycles. The van der Waals surface area contributed by atoms with E-state index >= 15 is 0 Å². The summed E-state index contributed by atoms with van der Waals surface area (Å²) < 4.78 is 30.2. The third kappa shape index (κ3) is 12.2. The highest BCUT2D eigenvalue weighted by Gasteiger charge is 2.24. The molecular weight excluding hydrogens is 431 g/mol. The molecule has 33 heavy (non-hydrogen) atoms. The quantitative estimate of drug-likeness (QED) is 0.336. The second-order valence-corrected chi connectivity index (χ2v) is 8.98. The van der Waals surface area contributed by atoms with Gasteiger partial charge in [0.05, 0.1) is 25.9 Å². The first kappa shape index (κ1) is 28.4. The van der Waals surface area contributed by atoms with Crippen molar-refractivity contribution < 1.29 is 33.0 Å². The zero-order valence-corrected chi connectivity index (χ0v) is 20.2. The molecule has 1 aromatic rings. The van der Waals surface area contributed by atoms with E-state index in [4.69, 9.17) is 15.2 Å². The number of unbranched alkanes of at least 4 members (excludes halogenated alkanes) is 1. The average Bonchev–Trinajstić information content (AvgIpc) is 2.71. The van der Waals surface area contributed by atoms with E-state index in [0.29, 0.717) is 24.8 Å². The first-order valence-corrected chi connectivity index (χ1v) is 11.1. The standard InChI is InChI=1S/C24H37FN2O6/c1-16(20(12-13-21(26)28)27-23(30)33-24(2,3)4)32-15-18-11-10-17(14-19(18)25)8-6-7-9-22(29)31-5/h10-11,14,16,20H,6-9,12-13,15H2,1-5H3,(H2,26,28)(H,27,30). The van der Waals surface area contributed by atoms with E-state index in [-0.39, 0.29) is 31.2 Å². The first-order valence-electron chi connectivity index (χ1n) is 11.1. The van der Waals surface area contributed by atoms with Crippen LogP contribution in [0.2, 0.25) is 0 Å². The van der Waals surface area contributed by atoms with Crippen LogP contribution in [-0.2, 0) is 36.8 Å². The summed E-state index contributed by atoms with van der Waals surface area (Å²) in [5.41, 5.74) is 5.78. The van der Waals surface area contributed by atoms with Crippen LogP contribution < -0.4 is 11.1 Å². The Morgan fingerprint density at radius 1 is 1.15 bits per heavy atom. The number of alkyl carbamates (subject to hydrolysis) is 1. The SMILES string of the molecule is COC(=O)CCCCc1ccc(COC(C)C(CCC(N)=O)NC(=O)OC(C)(C)C)c(F)c1. The number of methoxy groups -OCH3 is 1. The highest BCUT2D eigenvalue weighted by molar-refractivity contribution is 5.74. The van der Waals surface area contributed by atoms with Crippen LogP contribution in [0.25, 0.3) is 0 Å². The number of halogens is 1. The number of hydrogen-bond donors (Lipinski definition) is 2. The van der Waals surface area contributed by atoms with Gasteiger partial charge < -0.3 is 25.3 Å². The fourth-order valence-electron chi connectivity index (χ4n) is 3.08. The highest BCUT2D eigenvalue weighted by atomic mass is 19.1. The summed E-state index contributed by atoms with van der Waals surface area (Å²) in [7, 11) is 1.35. The van der Waals surface area contributed by atoms with Gasteiger partial charge in [-0.3, -0.25) is 9.59 Å². The van der Waals surface area contributed by atoms with Gasteiger partial charge in [-0.1, -0.05) is 12.1 Å². The van der Waals surface area contributed by atoms with Crippen molar-refractivity contribution in [1.82, 2.24) is 5.32 Å². The largest absolute Gasteiger partial charge is 0.469 e. The van der Waals surface area contributed by atoms with Crippen molar-refractivity contribution in [3.05, 3.63) is 35.1 Å². The summed E-state index contributed by atoms with van der Waals surface area (Å²) in [5, 5.41) is 2.71. The van der Waals surface area contributed by atoms with E-state index in [1.165, 1.54) is 13.2 Å². The van der Waals surface area contributed by atoms with Gasteiger partial charge in [-0.25, -0.2) is 9.18 Å². The number of nitrogens with two attached hydrogens (primary N) is 1. The van der Waals surface area contributed by atoms with E-state index in [2.05, 4.69) is 10.1 Å². The van der Waals surface area contributed by atoms with Crippen molar-refractivity contribution in [1.29, 1.82) is 0 Å². The number of nitrogens with one attached hydrogen (secondary N) is 1.